The quantitative estimate of drug-likeness (QED) is 0.243. The molecule has 2 unspecified atom stereocenters. The number of aliphatic imine (C=N–C) groups is 1. The van der Waals surface area contributed by atoms with Gasteiger partial charge in [0.25, 0.3) is 0 Å². The van der Waals surface area contributed by atoms with Crippen molar-refractivity contribution in [1.82, 2.24) is 10.6 Å². The van der Waals surface area contributed by atoms with Gasteiger partial charge in [-0.3, -0.25) is 4.99 Å². The Bertz CT molecular complexity index is 524. The van der Waals surface area contributed by atoms with Crippen molar-refractivity contribution in [3.05, 3.63) is 34.6 Å². The maximum absolute atomic E-state index is 14.0. The third kappa shape index (κ3) is 6.59. The van der Waals surface area contributed by atoms with Crippen LogP contribution >= 0.6 is 47.3 Å². The third-order valence-corrected chi connectivity index (χ3v) is 4.88. The first kappa shape index (κ1) is 21.8. The van der Waals surface area contributed by atoms with Gasteiger partial charge in [-0.15, -0.1) is 24.0 Å². The van der Waals surface area contributed by atoms with E-state index in [1.165, 1.54) is 18.2 Å². The highest BCUT2D eigenvalue weighted by Gasteiger charge is 2.41. The van der Waals surface area contributed by atoms with E-state index in [1.807, 2.05) is 18.7 Å². The lowest BCUT2D eigenvalue weighted by atomic mass is 10.1. The number of benzene rings is 1. The second-order valence-corrected chi connectivity index (χ2v) is 7.08. The Hall–Kier alpha value is -0.210. The minimum absolute atomic E-state index is 0. The Morgan fingerprint density at radius 1 is 1.42 bits per heavy atom. The smallest absolute Gasteiger partial charge is 0.191 e. The summed E-state index contributed by atoms with van der Waals surface area (Å²) in [5, 5.41) is 7.16. The third-order valence-electron chi connectivity index (χ3n) is 3.85. The van der Waals surface area contributed by atoms with Crippen molar-refractivity contribution in [3.63, 3.8) is 0 Å². The molecule has 136 valence electrons. The first-order valence-corrected chi connectivity index (χ1v) is 9.92. The Labute approximate surface area is 170 Å². The molecule has 1 aromatic carbocycles. The number of unbranched alkanes of at least 4 members (excludes halogenated alkanes) is 1. The van der Waals surface area contributed by atoms with E-state index in [-0.39, 0.29) is 41.8 Å². The predicted octanol–water partition coefficient (Wildman–Crippen LogP) is 4.65. The van der Waals surface area contributed by atoms with Crippen LogP contribution in [-0.2, 0) is 0 Å². The van der Waals surface area contributed by atoms with Gasteiger partial charge in [0.2, 0.25) is 0 Å². The molecule has 7 heteroatoms. The fourth-order valence-corrected chi connectivity index (χ4v) is 3.38. The summed E-state index contributed by atoms with van der Waals surface area (Å²) in [6.07, 6.45) is 5.28. The Balaban J connectivity index is 0.00000288. The highest BCUT2D eigenvalue weighted by molar-refractivity contribution is 14.0. The van der Waals surface area contributed by atoms with Crippen molar-refractivity contribution in [2.75, 3.05) is 25.1 Å². The molecule has 1 fully saturated rings. The number of guanidine groups is 1. The molecule has 1 aliphatic carbocycles. The summed E-state index contributed by atoms with van der Waals surface area (Å²) in [5.41, 5.74) is 0.627. The lowest BCUT2D eigenvalue weighted by Gasteiger charge is -2.12. The van der Waals surface area contributed by atoms with E-state index in [0.717, 1.165) is 31.9 Å². The number of hydrogen-bond donors (Lipinski definition) is 2. The number of halogens is 3. The lowest BCUT2D eigenvalue weighted by Crippen LogP contribution is -2.39. The summed E-state index contributed by atoms with van der Waals surface area (Å²) >= 11 is 8.01. The maximum atomic E-state index is 14.0. The van der Waals surface area contributed by atoms with Gasteiger partial charge in [0, 0.05) is 35.6 Å². The predicted molar refractivity (Wildman–Crippen MR) is 115 cm³/mol. The molecule has 2 rings (SSSR count). The van der Waals surface area contributed by atoms with Gasteiger partial charge in [-0.05, 0) is 50.3 Å². The summed E-state index contributed by atoms with van der Waals surface area (Å²) < 4.78 is 14.0. The van der Waals surface area contributed by atoms with E-state index in [4.69, 9.17) is 11.6 Å². The molecule has 0 aromatic heterocycles. The zero-order valence-corrected chi connectivity index (χ0v) is 18.1. The van der Waals surface area contributed by atoms with Crippen LogP contribution in [0.3, 0.4) is 0 Å². The van der Waals surface area contributed by atoms with Gasteiger partial charge >= 0.3 is 0 Å². The average Bonchev–Trinajstić information content (AvgIpc) is 3.26. The van der Waals surface area contributed by atoms with Gasteiger partial charge in [0.1, 0.15) is 5.82 Å². The summed E-state index contributed by atoms with van der Waals surface area (Å²) in [4.78, 5) is 4.60. The van der Waals surface area contributed by atoms with Crippen molar-refractivity contribution in [2.24, 2.45) is 4.99 Å². The van der Waals surface area contributed by atoms with Crippen LogP contribution in [0.2, 0.25) is 5.02 Å². The zero-order valence-electron chi connectivity index (χ0n) is 14.1. The van der Waals surface area contributed by atoms with Crippen LogP contribution in [-0.4, -0.2) is 37.1 Å². The zero-order chi connectivity index (χ0) is 16.7. The van der Waals surface area contributed by atoms with E-state index in [0.29, 0.717) is 10.6 Å². The van der Waals surface area contributed by atoms with Crippen molar-refractivity contribution < 1.29 is 4.39 Å². The summed E-state index contributed by atoms with van der Waals surface area (Å²) in [6, 6.07) is 5.07. The molecule has 0 heterocycles. The molecule has 24 heavy (non-hydrogen) atoms. The second-order valence-electron chi connectivity index (χ2n) is 5.69. The van der Waals surface area contributed by atoms with Gasteiger partial charge in [-0.1, -0.05) is 17.7 Å². The molecule has 2 N–H and O–H groups in total. The van der Waals surface area contributed by atoms with E-state index in [1.54, 1.807) is 12.1 Å². The highest BCUT2D eigenvalue weighted by Crippen LogP contribution is 2.44. The standard InChI is InChI=1S/C17H25ClFN3S.HI/c1-3-20-17(21-9-4-5-10-23-2)22-15-11-12(15)16-13(18)7-6-8-14(16)19;/h6-8,12,15H,3-5,9-11H2,1-2H3,(H2,20,21,22);1H. The van der Waals surface area contributed by atoms with Crippen LogP contribution in [0.15, 0.2) is 23.2 Å². The monoisotopic (exact) mass is 485 g/mol. The van der Waals surface area contributed by atoms with Crippen LogP contribution in [0.25, 0.3) is 0 Å². The highest BCUT2D eigenvalue weighted by atomic mass is 127. The second kappa shape index (κ2) is 11.4. The van der Waals surface area contributed by atoms with Gasteiger partial charge < -0.3 is 10.6 Å². The molecule has 1 aliphatic rings. The van der Waals surface area contributed by atoms with Crippen molar-refractivity contribution in [3.8, 4) is 0 Å². The molecule has 2 atom stereocenters. The number of thioether (sulfide) groups is 1. The Kier molecular flexibility index (Phi) is 10.4. The minimum Gasteiger partial charge on any atom is -0.357 e. The SMILES string of the molecule is CCNC(=NCCCCSC)NC1CC1c1c(F)cccc1Cl.I. The molecule has 0 amide bonds. The van der Waals surface area contributed by atoms with Crippen LogP contribution in [0, 0.1) is 5.82 Å². The normalized spacial score (nSPS) is 19.6. The number of nitrogens with zero attached hydrogens (tertiary/aromatic N) is 1. The molecule has 3 nitrogen and oxygen atoms in total. The average molecular weight is 486 g/mol. The molecule has 0 aliphatic heterocycles. The molecule has 0 saturated heterocycles. The summed E-state index contributed by atoms with van der Waals surface area (Å²) in [6.45, 7) is 3.67. The fourth-order valence-electron chi connectivity index (χ4n) is 2.58. The maximum Gasteiger partial charge on any atom is 0.191 e. The first-order valence-electron chi connectivity index (χ1n) is 8.15. The molecule has 1 saturated carbocycles. The molecular formula is C17H26ClFIN3S. The molecule has 0 radical (unpaired) electrons. The number of hydrogen-bond acceptors (Lipinski definition) is 2. The lowest BCUT2D eigenvalue weighted by molar-refractivity contribution is 0.608. The van der Waals surface area contributed by atoms with Gasteiger partial charge in [0.05, 0.1) is 0 Å². The van der Waals surface area contributed by atoms with Crippen molar-refractivity contribution in [2.45, 2.75) is 38.1 Å². The van der Waals surface area contributed by atoms with Crippen molar-refractivity contribution in [1.29, 1.82) is 0 Å². The van der Waals surface area contributed by atoms with E-state index in [2.05, 4.69) is 21.9 Å². The fraction of sp³-hybridized carbons (Fsp3) is 0.588. The molecule has 0 bridgehead atoms. The van der Waals surface area contributed by atoms with Gasteiger partial charge in [-0.2, -0.15) is 11.8 Å². The molecule has 1 aromatic rings. The Morgan fingerprint density at radius 3 is 2.88 bits per heavy atom. The van der Waals surface area contributed by atoms with Crippen molar-refractivity contribution >= 4 is 53.3 Å². The van der Waals surface area contributed by atoms with Crippen LogP contribution < -0.4 is 10.6 Å². The van der Waals surface area contributed by atoms with E-state index >= 15 is 0 Å². The number of nitrogens with one attached hydrogen (secondary N) is 2. The van der Waals surface area contributed by atoms with E-state index in [9.17, 15) is 4.39 Å². The topological polar surface area (TPSA) is 36.4 Å². The summed E-state index contributed by atoms with van der Waals surface area (Å²) in [7, 11) is 0. The number of rotatable bonds is 8. The van der Waals surface area contributed by atoms with Gasteiger partial charge in [-0.25, -0.2) is 4.39 Å². The van der Waals surface area contributed by atoms with Crippen LogP contribution in [0.1, 0.15) is 37.7 Å². The van der Waals surface area contributed by atoms with Crippen LogP contribution in [0.4, 0.5) is 4.39 Å². The summed E-state index contributed by atoms with van der Waals surface area (Å²) in [5.74, 6) is 1.90. The molecule has 0 spiro atoms. The van der Waals surface area contributed by atoms with Gasteiger partial charge in [0.15, 0.2) is 5.96 Å². The first-order chi connectivity index (χ1) is 11.2. The van der Waals surface area contributed by atoms with E-state index < -0.39 is 0 Å². The Morgan fingerprint density at radius 2 is 2.21 bits per heavy atom. The van der Waals surface area contributed by atoms with Crippen LogP contribution in [0.5, 0.6) is 0 Å². The largest absolute Gasteiger partial charge is 0.357 e. The minimum atomic E-state index is -0.217. The molecular weight excluding hydrogens is 460 g/mol.